The lowest BCUT2D eigenvalue weighted by atomic mass is 10.0. The van der Waals surface area contributed by atoms with Crippen LogP contribution in [0.15, 0.2) is 18.2 Å². The zero-order valence-corrected chi connectivity index (χ0v) is 8.73. The number of halogens is 4. The highest BCUT2D eigenvalue weighted by atomic mass is 35.5. The predicted molar refractivity (Wildman–Crippen MR) is 51.6 cm³/mol. The van der Waals surface area contributed by atoms with Crippen LogP contribution in [0.3, 0.4) is 0 Å². The van der Waals surface area contributed by atoms with Crippen molar-refractivity contribution in [2.45, 2.75) is 24.8 Å². The second-order valence-corrected chi connectivity index (χ2v) is 3.84. The monoisotopic (exact) mass is 238 g/mol. The molecule has 0 heterocycles. The van der Waals surface area contributed by atoms with Gasteiger partial charge in [-0.15, -0.1) is 0 Å². The van der Waals surface area contributed by atoms with Crippen molar-refractivity contribution in [1.82, 2.24) is 0 Å². The molecule has 15 heavy (non-hydrogen) atoms. The average Bonchev–Trinajstić information content (AvgIpc) is 2.09. The Labute approximate surface area is 90.5 Å². The fourth-order valence-electron chi connectivity index (χ4n) is 1.18. The van der Waals surface area contributed by atoms with Crippen molar-refractivity contribution in [1.29, 1.82) is 0 Å². The van der Waals surface area contributed by atoms with Gasteiger partial charge in [-0.05, 0) is 41.8 Å². The van der Waals surface area contributed by atoms with E-state index in [1.54, 1.807) is 6.92 Å². The van der Waals surface area contributed by atoms with Crippen molar-refractivity contribution < 1.29 is 18.3 Å². The Morgan fingerprint density at radius 1 is 1.47 bits per heavy atom. The molecule has 1 aromatic rings. The zero-order chi connectivity index (χ0) is 11.6. The lowest BCUT2D eigenvalue weighted by Crippen LogP contribution is -2.29. The highest BCUT2D eigenvalue weighted by Crippen LogP contribution is 2.26. The maximum Gasteiger partial charge on any atom is 0.347 e. The van der Waals surface area contributed by atoms with E-state index >= 15 is 0 Å². The highest BCUT2D eigenvalue weighted by molar-refractivity contribution is 6.22. The third kappa shape index (κ3) is 3.39. The summed E-state index contributed by atoms with van der Waals surface area (Å²) >= 11 is 4.65. The Bertz CT molecular complexity index is 349. The van der Waals surface area contributed by atoms with Crippen molar-refractivity contribution in [2.24, 2.45) is 0 Å². The molecular formula is C10H10ClF3O. The number of alkyl halides is 3. The molecule has 0 aliphatic carbocycles. The molecule has 84 valence electrons. The zero-order valence-electron chi connectivity index (χ0n) is 7.98. The van der Waals surface area contributed by atoms with Crippen molar-refractivity contribution in [3.8, 4) is 0 Å². The molecule has 0 fully saturated rings. The molecule has 1 rings (SSSR count). The van der Waals surface area contributed by atoms with E-state index in [-0.39, 0.29) is 6.42 Å². The lowest BCUT2D eigenvalue weighted by Gasteiger charge is -2.16. The van der Waals surface area contributed by atoms with Gasteiger partial charge < -0.3 is 5.11 Å². The molecule has 1 atom stereocenters. The lowest BCUT2D eigenvalue weighted by molar-refractivity contribution is -0.0398. The number of hydrogen-bond donors (Lipinski definition) is 1. The first-order chi connectivity index (χ1) is 6.80. The summed E-state index contributed by atoms with van der Waals surface area (Å²) in [6.07, 6.45) is -2.39. The number of hydrogen-bond acceptors (Lipinski definition) is 1. The molecule has 1 N–H and O–H groups in total. The summed E-state index contributed by atoms with van der Waals surface area (Å²) in [7, 11) is 0. The molecule has 0 aliphatic heterocycles. The van der Waals surface area contributed by atoms with Gasteiger partial charge in [0.05, 0.1) is 0 Å². The van der Waals surface area contributed by atoms with Crippen LogP contribution in [0.4, 0.5) is 13.2 Å². The van der Waals surface area contributed by atoms with E-state index in [0.29, 0.717) is 11.1 Å². The predicted octanol–water partition coefficient (Wildman–Crippen LogP) is 2.87. The van der Waals surface area contributed by atoms with Crippen LogP contribution >= 0.6 is 11.6 Å². The van der Waals surface area contributed by atoms with E-state index in [4.69, 9.17) is 5.11 Å². The summed E-state index contributed by atoms with van der Waals surface area (Å²) in [5.41, 5.74) is 0.958. The summed E-state index contributed by atoms with van der Waals surface area (Å²) in [6, 6.07) is 3.80. The van der Waals surface area contributed by atoms with Gasteiger partial charge in [0, 0.05) is 6.42 Å². The van der Waals surface area contributed by atoms with E-state index in [9.17, 15) is 13.2 Å². The molecule has 5 heteroatoms. The van der Waals surface area contributed by atoms with Crippen molar-refractivity contribution in [3.05, 3.63) is 35.1 Å². The van der Waals surface area contributed by atoms with Crippen molar-refractivity contribution in [3.63, 3.8) is 0 Å². The SMILES string of the molecule is Cc1ccc(F)cc1CC(O)C(F)(F)Cl. The van der Waals surface area contributed by atoms with Crippen LogP contribution in [0, 0.1) is 12.7 Å². The average molecular weight is 239 g/mol. The van der Waals surface area contributed by atoms with Crippen LogP contribution in [-0.2, 0) is 6.42 Å². The Hall–Kier alpha value is -0.740. The number of aryl methyl sites for hydroxylation is 1. The van der Waals surface area contributed by atoms with E-state index in [1.165, 1.54) is 12.1 Å². The van der Waals surface area contributed by atoms with Gasteiger partial charge in [-0.25, -0.2) is 4.39 Å². The number of aliphatic hydroxyl groups is 1. The number of aliphatic hydroxyl groups excluding tert-OH is 1. The van der Waals surface area contributed by atoms with Crippen LogP contribution in [-0.4, -0.2) is 16.6 Å². The van der Waals surface area contributed by atoms with Gasteiger partial charge in [0.25, 0.3) is 0 Å². The van der Waals surface area contributed by atoms with Gasteiger partial charge in [-0.2, -0.15) is 8.78 Å². The summed E-state index contributed by atoms with van der Waals surface area (Å²) in [5.74, 6) is -0.527. The highest BCUT2D eigenvalue weighted by Gasteiger charge is 2.35. The Kier molecular flexibility index (Phi) is 3.62. The van der Waals surface area contributed by atoms with E-state index in [2.05, 4.69) is 11.6 Å². The first kappa shape index (κ1) is 12.3. The Morgan fingerprint density at radius 2 is 2.07 bits per heavy atom. The van der Waals surface area contributed by atoms with Gasteiger partial charge in [0.15, 0.2) is 0 Å². The van der Waals surface area contributed by atoms with Crippen LogP contribution < -0.4 is 0 Å². The van der Waals surface area contributed by atoms with Crippen molar-refractivity contribution >= 4 is 11.6 Å². The van der Waals surface area contributed by atoms with Crippen molar-refractivity contribution in [2.75, 3.05) is 0 Å². The normalized spacial score (nSPS) is 14.0. The van der Waals surface area contributed by atoms with E-state index in [1.807, 2.05) is 0 Å². The van der Waals surface area contributed by atoms with E-state index in [0.717, 1.165) is 6.07 Å². The maximum atomic E-state index is 12.8. The van der Waals surface area contributed by atoms with Crippen LogP contribution in [0.1, 0.15) is 11.1 Å². The molecule has 0 saturated carbocycles. The summed E-state index contributed by atoms with van der Waals surface area (Å²) in [5, 5.41) is 5.35. The number of rotatable bonds is 3. The smallest absolute Gasteiger partial charge is 0.347 e. The molecule has 0 aliphatic rings. The molecule has 0 spiro atoms. The second-order valence-electron chi connectivity index (χ2n) is 3.33. The minimum Gasteiger partial charge on any atom is -0.385 e. The molecule has 0 radical (unpaired) electrons. The van der Waals surface area contributed by atoms with Gasteiger partial charge in [-0.1, -0.05) is 6.07 Å². The first-order valence-electron chi connectivity index (χ1n) is 4.30. The number of benzene rings is 1. The van der Waals surface area contributed by atoms with Gasteiger partial charge >= 0.3 is 5.38 Å². The molecule has 0 saturated heterocycles. The molecule has 0 amide bonds. The first-order valence-corrected chi connectivity index (χ1v) is 4.68. The summed E-state index contributed by atoms with van der Waals surface area (Å²) in [4.78, 5) is 0. The molecule has 0 aromatic heterocycles. The van der Waals surface area contributed by atoms with Crippen LogP contribution in [0.25, 0.3) is 0 Å². The van der Waals surface area contributed by atoms with Gasteiger partial charge in [-0.3, -0.25) is 0 Å². The molecule has 0 bridgehead atoms. The van der Waals surface area contributed by atoms with Crippen LogP contribution in [0.5, 0.6) is 0 Å². The maximum absolute atomic E-state index is 12.8. The summed E-state index contributed by atoms with van der Waals surface area (Å²) < 4.78 is 37.7. The standard InChI is InChI=1S/C10H10ClF3O/c1-6-2-3-8(12)4-7(6)5-9(15)10(11,13)14/h2-4,9,15H,5H2,1H3. The fraction of sp³-hybridized carbons (Fsp3) is 0.400. The fourth-order valence-corrected chi connectivity index (χ4v) is 1.26. The third-order valence-corrected chi connectivity index (χ3v) is 2.35. The third-order valence-electron chi connectivity index (χ3n) is 2.10. The summed E-state index contributed by atoms with van der Waals surface area (Å²) in [6.45, 7) is 1.65. The van der Waals surface area contributed by atoms with Gasteiger partial charge in [0.2, 0.25) is 0 Å². The molecule has 1 aromatic carbocycles. The van der Waals surface area contributed by atoms with Gasteiger partial charge in [0.1, 0.15) is 11.9 Å². The Morgan fingerprint density at radius 3 is 2.60 bits per heavy atom. The largest absolute Gasteiger partial charge is 0.385 e. The van der Waals surface area contributed by atoms with E-state index < -0.39 is 17.3 Å². The second kappa shape index (κ2) is 4.41. The topological polar surface area (TPSA) is 20.2 Å². The Balaban J connectivity index is 2.85. The minimum atomic E-state index is -3.70. The molecule has 1 unspecified atom stereocenters. The van der Waals surface area contributed by atoms with Crippen LogP contribution in [0.2, 0.25) is 0 Å². The molecule has 1 nitrogen and oxygen atoms in total. The molecular weight excluding hydrogens is 229 g/mol. The quantitative estimate of drug-likeness (QED) is 0.803. The minimum absolute atomic E-state index is 0.322.